The largest absolute Gasteiger partial charge is 0.487 e. The Hall–Kier alpha value is -3.87. The second-order valence-corrected chi connectivity index (χ2v) is 13.4. The standard InChI is InChI=1S/C33H33ClFN5O4S/c1-33(2,36)20-10-11-40(15-20)32(43)29(42)28(41)19-6-8-23-26(13-19)45-31-27(23)30(37-17-38-31)39-22-7-9-25(24(34)14-22)44-16-18-4-3-5-21(35)12-18/h3-9,12-14,17,20,28-29,41-42H,10-11,15-16,36H2,1-2H3,(H,37,38,39)/t20-,28?,29?/m0/s1. The average molecular weight is 650 g/mol. The molecule has 3 atom stereocenters. The molecule has 2 aromatic heterocycles. The summed E-state index contributed by atoms with van der Waals surface area (Å²) in [5, 5.41) is 27.1. The molecule has 5 aromatic rings. The van der Waals surface area contributed by atoms with Crippen LogP contribution >= 0.6 is 22.9 Å². The first-order valence-corrected chi connectivity index (χ1v) is 15.7. The molecule has 1 aliphatic heterocycles. The molecule has 12 heteroatoms. The third-order valence-corrected chi connectivity index (χ3v) is 9.57. The quantitative estimate of drug-likeness (QED) is 0.154. The molecule has 5 N–H and O–H groups in total. The molecular weight excluding hydrogens is 617 g/mol. The molecule has 1 fully saturated rings. The number of ether oxygens (including phenoxy) is 1. The third-order valence-electron chi connectivity index (χ3n) is 8.22. The van der Waals surface area contributed by atoms with Crippen LogP contribution < -0.4 is 15.8 Å². The Morgan fingerprint density at radius 1 is 1.20 bits per heavy atom. The second kappa shape index (κ2) is 12.5. The Labute approximate surface area is 268 Å². The summed E-state index contributed by atoms with van der Waals surface area (Å²) in [6.45, 7) is 4.98. The molecule has 0 radical (unpaired) electrons. The number of rotatable bonds is 9. The van der Waals surface area contributed by atoms with Crippen LogP contribution in [0.3, 0.4) is 0 Å². The van der Waals surface area contributed by atoms with E-state index in [1.807, 2.05) is 19.9 Å². The van der Waals surface area contributed by atoms with Crippen LogP contribution in [-0.2, 0) is 11.4 Å². The molecule has 0 spiro atoms. The van der Waals surface area contributed by atoms with Crippen molar-refractivity contribution in [2.24, 2.45) is 11.7 Å². The van der Waals surface area contributed by atoms with Crippen LogP contribution in [0.4, 0.5) is 15.9 Å². The number of fused-ring (bicyclic) bond motifs is 3. The van der Waals surface area contributed by atoms with E-state index in [1.54, 1.807) is 47.4 Å². The van der Waals surface area contributed by atoms with Crippen LogP contribution in [0.5, 0.6) is 5.75 Å². The smallest absolute Gasteiger partial charge is 0.254 e. The van der Waals surface area contributed by atoms with Crippen molar-refractivity contribution in [2.45, 2.75) is 44.6 Å². The third kappa shape index (κ3) is 6.58. The number of carbonyl (C=O) groups is 1. The lowest BCUT2D eigenvalue weighted by Gasteiger charge is -2.28. The van der Waals surface area contributed by atoms with Gasteiger partial charge in [0.2, 0.25) is 0 Å². The summed E-state index contributed by atoms with van der Waals surface area (Å²) in [6.07, 6.45) is -0.782. The number of hydrogen-bond donors (Lipinski definition) is 4. The Morgan fingerprint density at radius 3 is 2.76 bits per heavy atom. The van der Waals surface area contributed by atoms with Gasteiger partial charge in [0.1, 0.15) is 41.3 Å². The first-order chi connectivity index (χ1) is 21.5. The van der Waals surface area contributed by atoms with Gasteiger partial charge in [0.05, 0.1) is 10.4 Å². The summed E-state index contributed by atoms with van der Waals surface area (Å²) < 4.78 is 20.1. The zero-order valence-corrected chi connectivity index (χ0v) is 26.3. The molecule has 0 bridgehead atoms. The summed E-state index contributed by atoms with van der Waals surface area (Å²) in [5.74, 6) is 0.304. The lowest BCUT2D eigenvalue weighted by Crippen LogP contribution is -2.45. The van der Waals surface area contributed by atoms with E-state index in [-0.39, 0.29) is 18.3 Å². The van der Waals surface area contributed by atoms with Gasteiger partial charge in [-0.1, -0.05) is 35.9 Å². The molecule has 1 aliphatic rings. The van der Waals surface area contributed by atoms with E-state index >= 15 is 0 Å². The van der Waals surface area contributed by atoms with Crippen LogP contribution in [0.25, 0.3) is 20.3 Å². The lowest BCUT2D eigenvalue weighted by atomic mass is 9.88. The first kappa shape index (κ1) is 31.1. The Morgan fingerprint density at radius 2 is 2.02 bits per heavy atom. The maximum absolute atomic E-state index is 13.5. The number of nitrogens with two attached hydrogens (primary N) is 1. The molecule has 1 amide bonds. The monoisotopic (exact) mass is 649 g/mol. The maximum atomic E-state index is 13.5. The first-order valence-electron chi connectivity index (χ1n) is 14.5. The molecule has 9 nitrogen and oxygen atoms in total. The van der Waals surface area contributed by atoms with Crippen LogP contribution in [0.2, 0.25) is 5.02 Å². The predicted octanol–water partition coefficient (Wildman–Crippen LogP) is 5.94. The van der Waals surface area contributed by atoms with Crippen LogP contribution in [0.1, 0.15) is 37.5 Å². The number of aliphatic hydroxyl groups excluding tert-OH is 2. The highest BCUT2D eigenvalue weighted by Crippen LogP contribution is 2.39. The summed E-state index contributed by atoms with van der Waals surface area (Å²) >= 11 is 7.91. The molecule has 0 aliphatic carbocycles. The number of likely N-dealkylation sites (tertiary alicyclic amines) is 1. The average Bonchev–Trinajstić information content (AvgIpc) is 3.65. The summed E-state index contributed by atoms with van der Waals surface area (Å²) in [5.41, 5.74) is 7.58. The van der Waals surface area contributed by atoms with Gasteiger partial charge < -0.3 is 30.9 Å². The van der Waals surface area contributed by atoms with Crippen molar-refractivity contribution in [3.05, 3.63) is 89.0 Å². The lowest BCUT2D eigenvalue weighted by molar-refractivity contribution is -0.145. The number of thiophene rings is 1. The SMILES string of the molecule is CC(C)(N)[C@H]1CCN(C(=O)C(O)C(O)c2ccc3c(c2)sc2ncnc(Nc4ccc(OCc5cccc(F)c5)c(Cl)c4)c23)C1. The van der Waals surface area contributed by atoms with Gasteiger partial charge in [-0.25, -0.2) is 14.4 Å². The number of anilines is 2. The number of aromatic nitrogens is 2. The molecule has 1 saturated heterocycles. The summed E-state index contributed by atoms with van der Waals surface area (Å²) in [4.78, 5) is 24.2. The van der Waals surface area contributed by atoms with Crippen molar-refractivity contribution in [1.29, 1.82) is 0 Å². The highest BCUT2D eigenvalue weighted by Gasteiger charge is 2.38. The van der Waals surface area contributed by atoms with Gasteiger partial charge in [-0.05, 0) is 73.7 Å². The molecule has 3 aromatic carbocycles. The molecule has 234 valence electrons. The fraction of sp³-hybridized carbons (Fsp3) is 0.303. The number of hydrogen-bond acceptors (Lipinski definition) is 9. The minimum atomic E-state index is -1.60. The summed E-state index contributed by atoms with van der Waals surface area (Å²) in [6, 6.07) is 16.7. The maximum Gasteiger partial charge on any atom is 0.254 e. The van der Waals surface area contributed by atoms with Gasteiger partial charge in [0, 0.05) is 34.4 Å². The van der Waals surface area contributed by atoms with Gasteiger partial charge >= 0.3 is 0 Å². The minimum Gasteiger partial charge on any atom is -0.487 e. The molecule has 2 unspecified atom stereocenters. The number of carbonyl (C=O) groups excluding carboxylic acids is 1. The molecular formula is C33H33ClFN5O4S. The number of amides is 1. The number of aliphatic hydroxyl groups is 2. The Kier molecular flexibility index (Phi) is 8.64. The normalized spacial score (nSPS) is 16.7. The van der Waals surface area contributed by atoms with E-state index in [2.05, 4.69) is 15.3 Å². The van der Waals surface area contributed by atoms with E-state index in [0.29, 0.717) is 46.5 Å². The van der Waals surface area contributed by atoms with Crippen LogP contribution in [0.15, 0.2) is 67.0 Å². The van der Waals surface area contributed by atoms with E-state index in [0.717, 1.165) is 26.7 Å². The second-order valence-electron chi connectivity index (χ2n) is 11.9. The van der Waals surface area contributed by atoms with E-state index in [1.165, 1.54) is 29.8 Å². The van der Waals surface area contributed by atoms with Crippen molar-refractivity contribution >= 4 is 60.7 Å². The fourth-order valence-electron chi connectivity index (χ4n) is 5.59. The van der Waals surface area contributed by atoms with Gasteiger partial charge in [0.25, 0.3) is 5.91 Å². The van der Waals surface area contributed by atoms with Gasteiger partial charge in [-0.2, -0.15) is 0 Å². The Bertz CT molecular complexity index is 1880. The van der Waals surface area contributed by atoms with Gasteiger partial charge in [-0.3, -0.25) is 4.79 Å². The van der Waals surface area contributed by atoms with Gasteiger partial charge in [0.15, 0.2) is 6.10 Å². The van der Waals surface area contributed by atoms with Crippen LogP contribution in [-0.4, -0.2) is 55.7 Å². The fourth-order valence-corrected chi connectivity index (χ4v) is 6.92. The molecule has 3 heterocycles. The summed E-state index contributed by atoms with van der Waals surface area (Å²) in [7, 11) is 0. The van der Waals surface area contributed by atoms with Crippen molar-refractivity contribution in [2.75, 3.05) is 18.4 Å². The van der Waals surface area contributed by atoms with Crippen LogP contribution in [0, 0.1) is 11.7 Å². The number of nitrogens with zero attached hydrogens (tertiary/aromatic N) is 3. The highest BCUT2D eigenvalue weighted by molar-refractivity contribution is 7.25. The molecule has 45 heavy (non-hydrogen) atoms. The van der Waals surface area contributed by atoms with Crippen molar-refractivity contribution in [3.8, 4) is 5.75 Å². The topological polar surface area (TPSA) is 134 Å². The molecule has 6 rings (SSSR count). The van der Waals surface area contributed by atoms with Crippen molar-refractivity contribution in [3.63, 3.8) is 0 Å². The van der Waals surface area contributed by atoms with Gasteiger partial charge in [-0.15, -0.1) is 11.3 Å². The molecule has 0 saturated carbocycles. The Balaban J connectivity index is 1.19. The van der Waals surface area contributed by atoms with E-state index in [9.17, 15) is 19.4 Å². The zero-order chi connectivity index (χ0) is 31.9. The predicted molar refractivity (Wildman–Crippen MR) is 174 cm³/mol. The van der Waals surface area contributed by atoms with E-state index in [4.69, 9.17) is 22.1 Å². The number of nitrogens with one attached hydrogen (secondary N) is 1. The van der Waals surface area contributed by atoms with Crippen molar-refractivity contribution < 1.29 is 24.1 Å². The minimum absolute atomic E-state index is 0.124. The van der Waals surface area contributed by atoms with E-state index < -0.39 is 23.7 Å². The number of benzene rings is 3. The highest BCUT2D eigenvalue weighted by atomic mass is 35.5. The number of halogens is 2. The van der Waals surface area contributed by atoms with Crippen molar-refractivity contribution in [1.82, 2.24) is 14.9 Å². The zero-order valence-electron chi connectivity index (χ0n) is 24.7.